The Morgan fingerprint density at radius 2 is 1.68 bits per heavy atom. The summed E-state index contributed by atoms with van der Waals surface area (Å²) in [7, 11) is 0. The molecule has 25 heavy (non-hydrogen) atoms. The molecule has 0 aliphatic carbocycles. The number of benzene rings is 2. The summed E-state index contributed by atoms with van der Waals surface area (Å²) in [6.07, 6.45) is 0.893. The normalized spacial score (nSPS) is 11.0. The Balaban J connectivity index is 1.83. The molecule has 5 heteroatoms. The summed E-state index contributed by atoms with van der Waals surface area (Å²) in [5.41, 5.74) is 4.02. The van der Waals surface area contributed by atoms with Crippen LogP contribution in [0.25, 0.3) is 22.3 Å². The summed E-state index contributed by atoms with van der Waals surface area (Å²) in [6, 6.07) is 18.0. The number of rotatable bonds is 4. The van der Waals surface area contributed by atoms with Crippen molar-refractivity contribution in [3.8, 4) is 11.4 Å². The number of anilines is 2. The van der Waals surface area contributed by atoms with Crippen molar-refractivity contribution in [2.24, 2.45) is 0 Å². The van der Waals surface area contributed by atoms with Gasteiger partial charge in [0.15, 0.2) is 5.82 Å². The number of imidazole rings is 1. The van der Waals surface area contributed by atoms with Crippen LogP contribution >= 0.6 is 0 Å². The number of aryl methyl sites for hydroxylation is 2. The summed E-state index contributed by atoms with van der Waals surface area (Å²) in [6.45, 7) is 4.13. The van der Waals surface area contributed by atoms with Crippen LogP contribution in [-0.4, -0.2) is 19.9 Å². The molecule has 2 aromatic carbocycles. The first-order valence-electron chi connectivity index (χ1n) is 8.39. The molecule has 0 spiro atoms. The predicted molar refractivity (Wildman–Crippen MR) is 101 cm³/mol. The summed E-state index contributed by atoms with van der Waals surface area (Å²) in [5, 5.41) is 4.30. The Labute approximate surface area is 146 Å². The van der Waals surface area contributed by atoms with Crippen LogP contribution in [0, 0.1) is 6.92 Å². The standard InChI is InChI=1S/C20H19N5/c1-3-16-13(2)21-20(23-16)25-19-15-11-7-8-12-17(15)22-18(24-19)14-9-5-4-6-10-14/h4-12H,3H2,1-2H3,(H2,21,22,23,24,25). The van der Waals surface area contributed by atoms with Gasteiger partial charge in [-0.05, 0) is 25.5 Å². The van der Waals surface area contributed by atoms with E-state index in [2.05, 4.69) is 22.2 Å². The summed E-state index contributed by atoms with van der Waals surface area (Å²) >= 11 is 0. The highest BCUT2D eigenvalue weighted by Gasteiger charge is 2.11. The van der Waals surface area contributed by atoms with Gasteiger partial charge in [-0.2, -0.15) is 0 Å². The molecule has 0 saturated carbocycles. The third-order valence-corrected chi connectivity index (χ3v) is 4.19. The van der Waals surface area contributed by atoms with E-state index in [0.29, 0.717) is 11.8 Å². The highest BCUT2D eigenvalue weighted by atomic mass is 15.2. The monoisotopic (exact) mass is 329 g/mol. The lowest BCUT2D eigenvalue weighted by Gasteiger charge is -2.09. The molecule has 0 radical (unpaired) electrons. The molecule has 2 heterocycles. The number of nitrogens with zero attached hydrogens (tertiary/aromatic N) is 3. The first kappa shape index (κ1) is 15.3. The molecule has 5 nitrogen and oxygen atoms in total. The second-order valence-electron chi connectivity index (χ2n) is 5.91. The van der Waals surface area contributed by atoms with Crippen molar-refractivity contribution in [3.05, 3.63) is 66.0 Å². The van der Waals surface area contributed by atoms with Gasteiger partial charge < -0.3 is 10.3 Å². The number of aromatic amines is 1. The molecule has 0 aliphatic rings. The van der Waals surface area contributed by atoms with Crippen molar-refractivity contribution in [2.75, 3.05) is 5.32 Å². The predicted octanol–water partition coefficient (Wildman–Crippen LogP) is 4.63. The molecule has 0 bridgehead atoms. The molecule has 0 fully saturated rings. The molecule has 124 valence electrons. The SMILES string of the molecule is CCc1nc(Nc2nc(-c3ccccc3)nc3ccccc23)[nH]c1C. The maximum atomic E-state index is 4.75. The molecule has 4 aromatic rings. The molecule has 2 aromatic heterocycles. The zero-order chi connectivity index (χ0) is 17.2. The first-order valence-corrected chi connectivity index (χ1v) is 8.39. The van der Waals surface area contributed by atoms with Gasteiger partial charge in [-0.1, -0.05) is 49.4 Å². The Kier molecular flexibility index (Phi) is 3.90. The minimum Gasteiger partial charge on any atom is -0.328 e. The van der Waals surface area contributed by atoms with Gasteiger partial charge in [0, 0.05) is 16.6 Å². The summed E-state index contributed by atoms with van der Waals surface area (Å²) < 4.78 is 0. The van der Waals surface area contributed by atoms with Crippen molar-refractivity contribution < 1.29 is 0 Å². The molecule has 4 rings (SSSR count). The number of nitrogens with one attached hydrogen (secondary N) is 2. The minimum absolute atomic E-state index is 0.695. The molecule has 2 N–H and O–H groups in total. The fourth-order valence-corrected chi connectivity index (χ4v) is 2.90. The second-order valence-corrected chi connectivity index (χ2v) is 5.91. The van der Waals surface area contributed by atoms with E-state index in [9.17, 15) is 0 Å². The number of H-pyrrole nitrogens is 1. The van der Waals surface area contributed by atoms with Crippen molar-refractivity contribution in [1.82, 2.24) is 19.9 Å². The van der Waals surface area contributed by atoms with Crippen molar-refractivity contribution >= 4 is 22.7 Å². The van der Waals surface area contributed by atoms with Crippen molar-refractivity contribution in [2.45, 2.75) is 20.3 Å². The highest BCUT2D eigenvalue weighted by molar-refractivity contribution is 5.91. The van der Waals surface area contributed by atoms with E-state index < -0.39 is 0 Å². The van der Waals surface area contributed by atoms with Crippen LogP contribution < -0.4 is 5.32 Å². The van der Waals surface area contributed by atoms with E-state index in [0.717, 1.165) is 40.1 Å². The molecular formula is C20H19N5. The van der Waals surface area contributed by atoms with Gasteiger partial charge in [-0.25, -0.2) is 15.0 Å². The molecule has 0 atom stereocenters. The number of fused-ring (bicyclic) bond motifs is 1. The maximum absolute atomic E-state index is 4.75. The lowest BCUT2D eigenvalue weighted by Crippen LogP contribution is -2.00. The number of hydrogen-bond donors (Lipinski definition) is 2. The Morgan fingerprint density at radius 3 is 2.44 bits per heavy atom. The molecular weight excluding hydrogens is 310 g/mol. The van der Waals surface area contributed by atoms with E-state index in [-0.39, 0.29) is 0 Å². The van der Waals surface area contributed by atoms with Crippen LogP contribution in [0.5, 0.6) is 0 Å². The molecule has 0 aliphatic heterocycles. The minimum atomic E-state index is 0.695. The van der Waals surface area contributed by atoms with E-state index in [1.165, 1.54) is 0 Å². The molecule has 0 unspecified atom stereocenters. The van der Waals surface area contributed by atoms with Crippen LogP contribution in [0.4, 0.5) is 11.8 Å². The number of aromatic nitrogens is 4. The zero-order valence-electron chi connectivity index (χ0n) is 14.2. The number of hydrogen-bond acceptors (Lipinski definition) is 4. The van der Waals surface area contributed by atoms with Gasteiger partial charge in [0.1, 0.15) is 5.82 Å². The highest BCUT2D eigenvalue weighted by Crippen LogP contribution is 2.26. The van der Waals surface area contributed by atoms with E-state index in [1.807, 2.05) is 61.5 Å². The largest absolute Gasteiger partial charge is 0.328 e. The van der Waals surface area contributed by atoms with E-state index in [4.69, 9.17) is 9.97 Å². The zero-order valence-corrected chi connectivity index (χ0v) is 14.2. The number of para-hydroxylation sites is 1. The quantitative estimate of drug-likeness (QED) is 0.572. The van der Waals surface area contributed by atoms with Crippen LogP contribution in [0.15, 0.2) is 54.6 Å². The average Bonchev–Trinajstić information content (AvgIpc) is 3.01. The topological polar surface area (TPSA) is 66.5 Å². The van der Waals surface area contributed by atoms with E-state index >= 15 is 0 Å². The third kappa shape index (κ3) is 2.96. The van der Waals surface area contributed by atoms with Crippen LogP contribution in [-0.2, 0) is 6.42 Å². The van der Waals surface area contributed by atoms with Crippen molar-refractivity contribution in [3.63, 3.8) is 0 Å². The van der Waals surface area contributed by atoms with Gasteiger partial charge in [0.05, 0.1) is 11.2 Å². The fraction of sp³-hybridized carbons (Fsp3) is 0.150. The summed E-state index contributed by atoms with van der Waals surface area (Å²) in [4.78, 5) is 17.3. The van der Waals surface area contributed by atoms with Gasteiger partial charge in [0.25, 0.3) is 0 Å². The Bertz CT molecular complexity index is 1020. The fourth-order valence-electron chi connectivity index (χ4n) is 2.90. The van der Waals surface area contributed by atoms with Gasteiger partial charge in [0.2, 0.25) is 5.95 Å². The van der Waals surface area contributed by atoms with E-state index in [1.54, 1.807) is 0 Å². The second kappa shape index (κ2) is 6.36. The summed E-state index contributed by atoms with van der Waals surface area (Å²) in [5.74, 6) is 2.15. The van der Waals surface area contributed by atoms with Crippen LogP contribution in [0.1, 0.15) is 18.3 Å². The lowest BCUT2D eigenvalue weighted by atomic mass is 10.2. The van der Waals surface area contributed by atoms with Gasteiger partial charge >= 0.3 is 0 Å². The third-order valence-electron chi connectivity index (χ3n) is 4.19. The maximum Gasteiger partial charge on any atom is 0.206 e. The Morgan fingerprint density at radius 1 is 0.920 bits per heavy atom. The van der Waals surface area contributed by atoms with Crippen molar-refractivity contribution in [1.29, 1.82) is 0 Å². The lowest BCUT2D eigenvalue weighted by molar-refractivity contribution is 1.04. The average molecular weight is 329 g/mol. The van der Waals surface area contributed by atoms with Gasteiger partial charge in [-0.3, -0.25) is 0 Å². The molecule has 0 amide bonds. The van der Waals surface area contributed by atoms with Crippen LogP contribution in [0.3, 0.4) is 0 Å². The molecule has 0 saturated heterocycles. The smallest absolute Gasteiger partial charge is 0.206 e. The van der Waals surface area contributed by atoms with Crippen LogP contribution in [0.2, 0.25) is 0 Å². The Hall–Kier alpha value is -3.21. The first-order chi connectivity index (χ1) is 12.2. The van der Waals surface area contributed by atoms with Gasteiger partial charge in [-0.15, -0.1) is 0 Å².